The van der Waals surface area contributed by atoms with Crippen molar-refractivity contribution < 1.29 is 23.9 Å². The second kappa shape index (κ2) is 8.00. The lowest BCUT2D eigenvalue weighted by Crippen LogP contribution is -2.29. The maximum absolute atomic E-state index is 11.8. The third-order valence-electron chi connectivity index (χ3n) is 2.74. The van der Waals surface area contributed by atoms with Crippen molar-refractivity contribution in [3.8, 4) is 0 Å². The average molecular weight is 341 g/mol. The van der Waals surface area contributed by atoms with Crippen LogP contribution >= 0.6 is 23.1 Å². The summed E-state index contributed by atoms with van der Waals surface area (Å²) in [5, 5.41) is 4.01. The second-order valence-corrected chi connectivity index (χ2v) is 5.99. The van der Waals surface area contributed by atoms with Crippen LogP contribution in [0.5, 0.6) is 0 Å². The first-order chi connectivity index (χ1) is 10.6. The molecule has 1 aliphatic rings. The standard InChI is InChI=1S/C14H15NO5S2/c1-2-19-13(17)7-12-15(11(16)9-22-12)4-5-20-14(18)10-3-6-21-8-10/h3,6-8H,2,4-5,9H2,1H3/b12-7-. The van der Waals surface area contributed by atoms with E-state index >= 15 is 0 Å². The third kappa shape index (κ3) is 4.35. The highest BCUT2D eigenvalue weighted by molar-refractivity contribution is 8.04. The molecule has 0 unspecified atom stereocenters. The van der Waals surface area contributed by atoms with E-state index in [0.29, 0.717) is 10.6 Å². The zero-order valence-electron chi connectivity index (χ0n) is 11.9. The fourth-order valence-electron chi connectivity index (χ4n) is 1.75. The first-order valence-electron chi connectivity index (χ1n) is 6.62. The molecule has 1 aromatic heterocycles. The van der Waals surface area contributed by atoms with Crippen LogP contribution in [0.25, 0.3) is 0 Å². The van der Waals surface area contributed by atoms with E-state index in [4.69, 9.17) is 9.47 Å². The van der Waals surface area contributed by atoms with E-state index < -0.39 is 11.9 Å². The first-order valence-corrected chi connectivity index (χ1v) is 8.55. The molecule has 0 bridgehead atoms. The largest absolute Gasteiger partial charge is 0.463 e. The maximum atomic E-state index is 11.8. The van der Waals surface area contributed by atoms with E-state index in [0.717, 1.165) is 0 Å². The number of ether oxygens (including phenoxy) is 2. The predicted octanol–water partition coefficient (Wildman–Crippen LogP) is 1.88. The SMILES string of the molecule is CCOC(=O)/C=C1\SCC(=O)N1CCOC(=O)c1ccsc1. The minimum absolute atomic E-state index is 0.0706. The molecule has 0 spiro atoms. The van der Waals surface area contributed by atoms with Gasteiger partial charge < -0.3 is 14.4 Å². The van der Waals surface area contributed by atoms with Crippen molar-refractivity contribution in [2.24, 2.45) is 0 Å². The monoisotopic (exact) mass is 341 g/mol. The Hall–Kier alpha value is -1.80. The van der Waals surface area contributed by atoms with Gasteiger partial charge in [-0.05, 0) is 18.4 Å². The van der Waals surface area contributed by atoms with Crippen LogP contribution < -0.4 is 0 Å². The zero-order valence-corrected chi connectivity index (χ0v) is 13.6. The molecule has 1 saturated heterocycles. The Bertz CT molecular complexity index is 582. The number of carbonyl (C=O) groups excluding carboxylic acids is 3. The molecule has 8 heteroatoms. The Morgan fingerprint density at radius 3 is 2.91 bits per heavy atom. The zero-order chi connectivity index (χ0) is 15.9. The molecular weight excluding hydrogens is 326 g/mol. The number of esters is 2. The van der Waals surface area contributed by atoms with Crippen LogP contribution in [0.4, 0.5) is 0 Å². The average Bonchev–Trinajstić information content (AvgIpc) is 3.12. The van der Waals surface area contributed by atoms with E-state index in [2.05, 4.69) is 0 Å². The smallest absolute Gasteiger partial charge is 0.339 e. The van der Waals surface area contributed by atoms with Gasteiger partial charge in [0.2, 0.25) is 5.91 Å². The van der Waals surface area contributed by atoms with E-state index in [1.54, 1.807) is 23.8 Å². The van der Waals surface area contributed by atoms with Crippen molar-refractivity contribution in [1.29, 1.82) is 0 Å². The summed E-state index contributed by atoms with van der Waals surface area (Å²) in [5.41, 5.74) is 0.495. The van der Waals surface area contributed by atoms with Crippen LogP contribution in [0, 0.1) is 0 Å². The summed E-state index contributed by atoms with van der Waals surface area (Å²) in [5.74, 6) is -0.757. The number of thioether (sulfide) groups is 1. The minimum atomic E-state index is -0.486. The van der Waals surface area contributed by atoms with Gasteiger partial charge in [0.05, 0.1) is 35.6 Å². The highest BCUT2D eigenvalue weighted by atomic mass is 32.2. The number of rotatable bonds is 6. The summed E-state index contributed by atoms with van der Waals surface area (Å²) in [6, 6.07) is 1.68. The van der Waals surface area contributed by atoms with Gasteiger partial charge in [-0.25, -0.2) is 9.59 Å². The topological polar surface area (TPSA) is 72.9 Å². The number of amides is 1. The Morgan fingerprint density at radius 2 is 2.23 bits per heavy atom. The lowest BCUT2D eigenvalue weighted by molar-refractivity contribution is -0.137. The number of nitrogens with zero attached hydrogens (tertiary/aromatic N) is 1. The van der Waals surface area contributed by atoms with Crippen molar-refractivity contribution >= 4 is 40.9 Å². The van der Waals surface area contributed by atoms with Crippen LogP contribution in [-0.4, -0.2) is 48.3 Å². The van der Waals surface area contributed by atoms with Gasteiger partial charge in [-0.3, -0.25) is 4.79 Å². The Balaban J connectivity index is 1.88. The van der Waals surface area contributed by atoms with E-state index in [1.807, 2.05) is 0 Å². The van der Waals surface area contributed by atoms with Gasteiger partial charge in [-0.1, -0.05) is 11.8 Å². The van der Waals surface area contributed by atoms with Crippen molar-refractivity contribution in [3.05, 3.63) is 33.5 Å². The van der Waals surface area contributed by atoms with Crippen molar-refractivity contribution in [1.82, 2.24) is 4.90 Å². The summed E-state index contributed by atoms with van der Waals surface area (Å²) in [7, 11) is 0. The van der Waals surface area contributed by atoms with Crippen molar-refractivity contribution in [2.45, 2.75) is 6.92 Å². The summed E-state index contributed by atoms with van der Waals surface area (Å²) in [4.78, 5) is 36.4. The van der Waals surface area contributed by atoms with Gasteiger partial charge in [-0.15, -0.1) is 0 Å². The highest BCUT2D eigenvalue weighted by Crippen LogP contribution is 2.28. The second-order valence-electron chi connectivity index (χ2n) is 4.22. The van der Waals surface area contributed by atoms with E-state index in [-0.39, 0.29) is 31.4 Å². The Labute approximate surface area is 136 Å². The maximum Gasteiger partial charge on any atom is 0.339 e. The molecule has 0 radical (unpaired) electrons. The summed E-state index contributed by atoms with van der Waals surface area (Å²) >= 11 is 2.68. The van der Waals surface area contributed by atoms with Crippen LogP contribution in [0.2, 0.25) is 0 Å². The fraction of sp³-hybridized carbons (Fsp3) is 0.357. The lowest BCUT2D eigenvalue weighted by atomic mass is 10.3. The predicted molar refractivity (Wildman–Crippen MR) is 83.5 cm³/mol. The third-order valence-corrected chi connectivity index (χ3v) is 4.45. The summed E-state index contributed by atoms with van der Waals surface area (Å²) < 4.78 is 9.95. The van der Waals surface area contributed by atoms with Crippen molar-refractivity contribution in [3.63, 3.8) is 0 Å². The molecule has 1 fully saturated rings. The van der Waals surface area contributed by atoms with Gasteiger partial charge in [0.15, 0.2) is 0 Å². The molecule has 1 aliphatic heterocycles. The molecule has 22 heavy (non-hydrogen) atoms. The molecule has 0 N–H and O–H groups in total. The number of hydrogen-bond acceptors (Lipinski definition) is 7. The molecule has 0 aromatic carbocycles. The molecule has 1 amide bonds. The van der Waals surface area contributed by atoms with Gasteiger partial charge in [0, 0.05) is 5.38 Å². The van der Waals surface area contributed by atoms with E-state index in [1.165, 1.54) is 34.1 Å². The summed E-state index contributed by atoms with van der Waals surface area (Å²) in [6.07, 6.45) is 1.29. The van der Waals surface area contributed by atoms with Crippen LogP contribution in [-0.2, 0) is 19.1 Å². The Kier molecular flexibility index (Phi) is 6.02. The van der Waals surface area contributed by atoms with Gasteiger partial charge in [0.25, 0.3) is 0 Å². The normalized spacial score (nSPS) is 16.1. The van der Waals surface area contributed by atoms with Gasteiger partial charge >= 0.3 is 11.9 Å². The molecule has 1 aromatic rings. The molecule has 0 saturated carbocycles. The lowest BCUT2D eigenvalue weighted by Gasteiger charge is -2.16. The summed E-state index contributed by atoms with van der Waals surface area (Å²) in [6.45, 7) is 2.28. The number of thiophene rings is 1. The van der Waals surface area contributed by atoms with Crippen molar-refractivity contribution in [2.75, 3.05) is 25.5 Å². The van der Waals surface area contributed by atoms with Crippen LogP contribution in [0.15, 0.2) is 27.9 Å². The molecule has 2 heterocycles. The highest BCUT2D eigenvalue weighted by Gasteiger charge is 2.27. The fourth-order valence-corrected chi connectivity index (χ4v) is 3.33. The van der Waals surface area contributed by atoms with Gasteiger partial charge in [0.1, 0.15) is 6.61 Å². The van der Waals surface area contributed by atoms with Gasteiger partial charge in [-0.2, -0.15) is 11.3 Å². The van der Waals surface area contributed by atoms with Crippen LogP contribution in [0.1, 0.15) is 17.3 Å². The molecule has 0 aliphatic carbocycles. The molecule has 0 atom stereocenters. The Morgan fingerprint density at radius 1 is 1.41 bits per heavy atom. The van der Waals surface area contributed by atoms with Crippen LogP contribution in [0.3, 0.4) is 0 Å². The minimum Gasteiger partial charge on any atom is -0.463 e. The first kappa shape index (κ1) is 16.6. The molecule has 6 nitrogen and oxygen atoms in total. The molecule has 118 valence electrons. The molecule has 2 rings (SSSR count). The quantitative estimate of drug-likeness (QED) is 0.581. The number of hydrogen-bond donors (Lipinski definition) is 0. The van der Waals surface area contributed by atoms with E-state index in [9.17, 15) is 14.4 Å². The molecular formula is C14H15NO5S2. The number of carbonyl (C=O) groups is 3.